The molecule has 3 aliphatic rings. The van der Waals surface area contributed by atoms with Crippen molar-refractivity contribution in [3.8, 4) is 17.0 Å². The highest BCUT2D eigenvalue weighted by molar-refractivity contribution is 6.00. The van der Waals surface area contributed by atoms with Crippen LogP contribution >= 0.6 is 0 Å². The van der Waals surface area contributed by atoms with Gasteiger partial charge in [0.15, 0.2) is 6.10 Å². The summed E-state index contributed by atoms with van der Waals surface area (Å²) in [7, 11) is 0. The molecule has 5 heterocycles. The van der Waals surface area contributed by atoms with Crippen LogP contribution in [0.15, 0.2) is 65.6 Å². The number of anilines is 1. The number of nitrogens with one attached hydrogen (secondary N) is 3. The van der Waals surface area contributed by atoms with E-state index in [4.69, 9.17) is 9.26 Å². The van der Waals surface area contributed by atoms with Crippen LogP contribution in [0, 0.1) is 12.3 Å². The van der Waals surface area contributed by atoms with Crippen LogP contribution in [0.1, 0.15) is 84.4 Å². The Kier molecular flexibility index (Phi) is 10.4. The molecule has 5 amide bonds. The van der Waals surface area contributed by atoms with Crippen LogP contribution in [0.3, 0.4) is 0 Å². The number of piperazine rings is 1. The molecule has 2 saturated heterocycles. The van der Waals surface area contributed by atoms with Gasteiger partial charge < -0.3 is 29.7 Å². The predicted octanol–water partition coefficient (Wildman–Crippen LogP) is 3.36. The second-order valence-electron chi connectivity index (χ2n) is 16.5. The number of imide groups is 1. The fraction of sp³-hybridized carbons (Fsp3) is 0.405. The van der Waals surface area contributed by atoms with Gasteiger partial charge >= 0.3 is 0 Å². The van der Waals surface area contributed by atoms with Gasteiger partial charge in [-0.3, -0.25) is 29.3 Å². The third kappa shape index (κ3) is 8.35. The van der Waals surface area contributed by atoms with Crippen molar-refractivity contribution in [2.24, 2.45) is 5.41 Å². The maximum absolute atomic E-state index is 13.8. The van der Waals surface area contributed by atoms with Crippen molar-refractivity contribution in [3.63, 3.8) is 0 Å². The van der Waals surface area contributed by atoms with E-state index in [-0.39, 0.29) is 41.9 Å². The van der Waals surface area contributed by atoms with Crippen LogP contribution in [0.4, 0.5) is 5.69 Å². The number of nitrogens with zero attached hydrogens (tertiary/aromatic N) is 7. The van der Waals surface area contributed by atoms with Gasteiger partial charge in [-0.25, -0.2) is 9.50 Å². The zero-order chi connectivity index (χ0) is 41.5. The second kappa shape index (κ2) is 15.6. The molecule has 5 aromatic rings. The number of aryl methyl sites for hydroxylation is 1. The minimum absolute atomic E-state index is 0.000601. The van der Waals surface area contributed by atoms with E-state index in [0.29, 0.717) is 69.2 Å². The maximum atomic E-state index is 13.8. The molecular formula is C42H46N10O7. The Bertz CT molecular complexity index is 2440. The molecule has 3 aromatic heterocycles. The van der Waals surface area contributed by atoms with Crippen molar-refractivity contribution in [2.45, 2.75) is 71.4 Å². The van der Waals surface area contributed by atoms with Crippen molar-refractivity contribution >= 4 is 40.7 Å². The van der Waals surface area contributed by atoms with E-state index in [1.54, 1.807) is 24.3 Å². The number of hydrogen-bond donors (Lipinski definition) is 3. The van der Waals surface area contributed by atoms with Crippen molar-refractivity contribution in [1.29, 1.82) is 0 Å². The average molecular weight is 803 g/mol. The number of fused-ring (bicyclic) bond motifs is 1. The minimum Gasteiger partial charge on any atom is -0.481 e. The SMILES string of the molecule is Cc1cc(-c2ncnn3cc(N4CCN(C(=O)C5(CNC(=O)c6ccc(OC7CCC(=O)NC7=O)cc6)CC5)CC4)cc23)ccc1CNC(=O)c1noc(C(C)(C)C)n1. The fourth-order valence-electron chi connectivity index (χ4n) is 7.33. The van der Waals surface area contributed by atoms with Gasteiger partial charge in [-0.15, -0.1) is 0 Å². The molecule has 17 heteroatoms. The molecule has 2 aliphatic heterocycles. The molecule has 0 spiro atoms. The lowest BCUT2D eigenvalue weighted by molar-refractivity contribution is -0.139. The summed E-state index contributed by atoms with van der Waals surface area (Å²) in [6.07, 6.45) is 4.68. The van der Waals surface area contributed by atoms with Crippen LogP contribution in [0.2, 0.25) is 0 Å². The summed E-state index contributed by atoms with van der Waals surface area (Å²) < 4.78 is 12.8. The molecule has 306 valence electrons. The highest BCUT2D eigenvalue weighted by Gasteiger charge is 2.52. The van der Waals surface area contributed by atoms with Crippen LogP contribution in [-0.2, 0) is 26.3 Å². The largest absolute Gasteiger partial charge is 0.481 e. The van der Waals surface area contributed by atoms with Crippen molar-refractivity contribution < 1.29 is 33.2 Å². The first kappa shape index (κ1) is 39.2. The van der Waals surface area contributed by atoms with Gasteiger partial charge in [0.25, 0.3) is 23.5 Å². The van der Waals surface area contributed by atoms with E-state index in [2.05, 4.69) is 47.1 Å². The summed E-state index contributed by atoms with van der Waals surface area (Å²) in [6.45, 7) is 10.7. The second-order valence-corrected chi connectivity index (χ2v) is 16.5. The number of amides is 5. The Hall–Kier alpha value is -6.65. The third-order valence-electron chi connectivity index (χ3n) is 11.1. The molecule has 1 atom stereocenters. The zero-order valence-electron chi connectivity index (χ0n) is 33.4. The van der Waals surface area contributed by atoms with Gasteiger partial charge in [0.1, 0.15) is 12.1 Å². The van der Waals surface area contributed by atoms with Crippen LogP contribution in [0.25, 0.3) is 16.8 Å². The van der Waals surface area contributed by atoms with Crippen LogP contribution in [0.5, 0.6) is 5.75 Å². The predicted molar refractivity (Wildman–Crippen MR) is 213 cm³/mol. The number of carbonyl (C=O) groups is 5. The van der Waals surface area contributed by atoms with Gasteiger partial charge in [0.2, 0.25) is 17.7 Å². The first-order valence-electron chi connectivity index (χ1n) is 19.7. The van der Waals surface area contributed by atoms with E-state index in [1.165, 1.54) is 6.33 Å². The summed E-state index contributed by atoms with van der Waals surface area (Å²) in [6, 6.07) is 14.5. The van der Waals surface area contributed by atoms with Gasteiger partial charge in [0, 0.05) is 68.7 Å². The summed E-state index contributed by atoms with van der Waals surface area (Å²) >= 11 is 0. The summed E-state index contributed by atoms with van der Waals surface area (Å²) in [5.74, 6) is -0.612. The van der Waals surface area contributed by atoms with Gasteiger partial charge in [-0.05, 0) is 67.3 Å². The summed E-state index contributed by atoms with van der Waals surface area (Å²) in [5, 5.41) is 16.4. The molecule has 17 nitrogen and oxygen atoms in total. The molecule has 3 N–H and O–H groups in total. The Morgan fingerprint density at radius 3 is 2.42 bits per heavy atom. The molecule has 59 heavy (non-hydrogen) atoms. The highest BCUT2D eigenvalue weighted by Crippen LogP contribution is 2.47. The Morgan fingerprint density at radius 1 is 0.983 bits per heavy atom. The van der Waals surface area contributed by atoms with E-state index < -0.39 is 23.3 Å². The number of benzene rings is 2. The molecule has 1 aliphatic carbocycles. The number of ether oxygens (including phenoxy) is 1. The molecule has 1 unspecified atom stereocenters. The summed E-state index contributed by atoms with van der Waals surface area (Å²) in [5.41, 5.74) is 4.88. The normalized spacial score (nSPS) is 17.7. The van der Waals surface area contributed by atoms with E-state index in [1.807, 2.05) is 61.5 Å². The number of carbonyl (C=O) groups excluding carboxylic acids is 5. The lowest BCUT2D eigenvalue weighted by atomic mass is 9.97. The Morgan fingerprint density at radius 2 is 1.75 bits per heavy atom. The van der Waals surface area contributed by atoms with Gasteiger partial charge in [-0.1, -0.05) is 38.1 Å². The first-order chi connectivity index (χ1) is 28.3. The first-order valence-corrected chi connectivity index (χ1v) is 19.7. The number of hydrogen-bond acceptors (Lipinski definition) is 12. The van der Waals surface area contributed by atoms with E-state index in [0.717, 1.165) is 33.6 Å². The van der Waals surface area contributed by atoms with Crippen LogP contribution < -0.4 is 25.6 Å². The minimum atomic E-state index is -0.761. The molecule has 2 aromatic carbocycles. The fourth-order valence-corrected chi connectivity index (χ4v) is 7.33. The monoisotopic (exact) mass is 802 g/mol. The lowest BCUT2D eigenvalue weighted by Gasteiger charge is -2.37. The summed E-state index contributed by atoms with van der Waals surface area (Å²) in [4.78, 5) is 75.9. The number of rotatable bonds is 11. The molecular weight excluding hydrogens is 757 g/mol. The Labute approximate surface area is 339 Å². The standard InChI is InChI=1S/C42H46N10O7/c1-25-19-27(5-6-28(25)21-43-38(56)35-48-39(59-49-35)41(2,3)4)34-31-20-29(22-52(31)46-24-45-34)50-15-17-51(18-16-50)40(57)42(13-14-42)23-44-36(54)26-7-9-30(10-8-26)58-32-11-12-33(53)47-37(32)55/h5-10,19-20,22,24,32H,11-18,21,23H2,1-4H3,(H,43,56)(H,44,54)(H,47,53,55). The van der Waals surface area contributed by atoms with Crippen LogP contribution in [-0.4, -0.2) is 98.0 Å². The number of aromatic nitrogens is 5. The zero-order valence-corrected chi connectivity index (χ0v) is 33.4. The smallest absolute Gasteiger partial charge is 0.292 e. The number of piperidine rings is 1. The van der Waals surface area contributed by atoms with E-state index in [9.17, 15) is 24.0 Å². The third-order valence-corrected chi connectivity index (χ3v) is 11.1. The maximum Gasteiger partial charge on any atom is 0.292 e. The van der Waals surface area contributed by atoms with Gasteiger partial charge in [-0.2, -0.15) is 10.1 Å². The van der Waals surface area contributed by atoms with Crippen molar-refractivity contribution in [1.82, 2.24) is 45.6 Å². The van der Waals surface area contributed by atoms with Crippen molar-refractivity contribution in [3.05, 3.63) is 89.5 Å². The van der Waals surface area contributed by atoms with Crippen molar-refractivity contribution in [2.75, 3.05) is 37.6 Å². The molecule has 0 bridgehead atoms. The van der Waals surface area contributed by atoms with Gasteiger partial charge in [0.05, 0.1) is 28.5 Å². The van der Waals surface area contributed by atoms with E-state index >= 15 is 0 Å². The molecule has 1 saturated carbocycles. The molecule has 3 fully saturated rings. The molecule has 8 rings (SSSR count). The average Bonchev–Trinajstić information content (AvgIpc) is 3.60. The lowest BCUT2D eigenvalue weighted by Crippen LogP contribution is -2.52. The Balaban J connectivity index is 0.841. The molecule has 0 radical (unpaired) electrons. The topological polar surface area (TPSA) is 206 Å². The highest BCUT2D eigenvalue weighted by atomic mass is 16.5. The quantitative estimate of drug-likeness (QED) is 0.165.